The Balaban J connectivity index is 1.78. The fourth-order valence-corrected chi connectivity index (χ4v) is 3.50. The van der Waals surface area contributed by atoms with E-state index in [1.807, 2.05) is 0 Å². The van der Waals surface area contributed by atoms with Crippen molar-refractivity contribution in [1.82, 2.24) is 5.32 Å². The maximum atomic E-state index is 13.4. The molecule has 0 aromatic heterocycles. The van der Waals surface area contributed by atoms with Crippen LogP contribution in [0.5, 0.6) is 0 Å². The lowest BCUT2D eigenvalue weighted by Crippen LogP contribution is -2.42. The van der Waals surface area contributed by atoms with Crippen LogP contribution in [0.25, 0.3) is 0 Å². The summed E-state index contributed by atoms with van der Waals surface area (Å²) in [5, 5.41) is 12.5. The second kappa shape index (κ2) is 7.80. The van der Waals surface area contributed by atoms with Gasteiger partial charge in [0, 0.05) is 16.9 Å². The Hall–Kier alpha value is -1.07. The first kappa shape index (κ1) is 16.3. The van der Waals surface area contributed by atoms with E-state index in [4.69, 9.17) is 0 Å². The Labute approximate surface area is 129 Å². The number of amides is 1. The number of nitrogens with one attached hydrogen (secondary N) is 1. The lowest BCUT2D eigenvalue weighted by atomic mass is 9.74. The van der Waals surface area contributed by atoms with E-state index >= 15 is 0 Å². The number of hydrogen-bond acceptors (Lipinski definition) is 3. The molecule has 0 saturated heterocycles. The van der Waals surface area contributed by atoms with Crippen molar-refractivity contribution >= 4 is 17.7 Å². The normalized spacial score (nSPS) is 17.4. The van der Waals surface area contributed by atoms with Crippen molar-refractivity contribution in [2.45, 2.75) is 37.0 Å². The van der Waals surface area contributed by atoms with Gasteiger partial charge in [0.25, 0.3) is 0 Å². The molecule has 1 fully saturated rings. The quantitative estimate of drug-likeness (QED) is 0.794. The number of thioether (sulfide) groups is 1. The standard InChI is InChI=1S/C16H22FNO2S/c17-13-6-2-3-7-14(13)21-10-15(20)18-11-16(12-19)8-4-1-5-9-16/h2-3,6-7,19H,1,4-5,8-12H2,(H,18,20). The van der Waals surface area contributed by atoms with Crippen LogP contribution in [0.3, 0.4) is 0 Å². The zero-order chi connectivity index (χ0) is 15.1. The molecule has 21 heavy (non-hydrogen) atoms. The summed E-state index contributed by atoms with van der Waals surface area (Å²) in [6.07, 6.45) is 5.36. The molecule has 1 saturated carbocycles. The Morgan fingerprint density at radius 2 is 2.00 bits per heavy atom. The maximum absolute atomic E-state index is 13.4. The number of carbonyl (C=O) groups is 1. The number of halogens is 1. The van der Waals surface area contributed by atoms with Gasteiger partial charge in [0.2, 0.25) is 5.91 Å². The third-order valence-electron chi connectivity index (χ3n) is 4.11. The molecule has 1 aromatic rings. The number of aliphatic hydroxyl groups excluding tert-OH is 1. The van der Waals surface area contributed by atoms with E-state index in [9.17, 15) is 14.3 Å². The van der Waals surface area contributed by atoms with Crippen LogP contribution in [-0.2, 0) is 4.79 Å². The highest BCUT2D eigenvalue weighted by molar-refractivity contribution is 8.00. The van der Waals surface area contributed by atoms with Gasteiger partial charge in [-0.1, -0.05) is 31.4 Å². The third-order valence-corrected chi connectivity index (χ3v) is 5.15. The van der Waals surface area contributed by atoms with Crippen LogP contribution in [0.15, 0.2) is 29.2 Å². The molecule has 1 amide bonds. The topological polar surface area (TPSA) is 49.3 Å². The lowest BCUT2D eigenvalue weighted by Gasteiger charge is -2.35. The molecule has 0 spiro atoms. The SMILES string of the molecule is O=C(CSc1ccccc1F)NCC1(CO)CCCCC1. The molecular formula is C16H22FNO2S. The Kier molecular flexibility index (Phi) is 6.06. The molecule has 116 valence electrons. The van der Waals surface area contributed by atoms with Gasteiger partial charge >= 0.3 is 0 Å². The molecule has 0 radical (unpaired) electrons. The number of aliphatic hydroxyl groups is 1. The van der Waals surface area contributed by atoms with E-state index in [2.05, 4.69) is 5.32 Å². The minimum Gasteiger partial charge on any atom is -0.396 e. The van der Waals surface area contributed by atoms with Crippen LogP contribution >= 0.6 is 11.8 Å². The van der Waals surface area contributed by atoms with Crippen molar-refractivity contribution in [2.75, 3.05) is 18.9 Å². The van der Waals surface area contributed by atoms with Crippen LogP contribution in [-0.4, -0.2) is 29.9 Å². The van der Waals surface area contributed by atoms with Gasteiger partial charge in [-0.2, -0.15) is 0 Å². The second-order valence-corrected chi connectivity index (χ2v) is 6.73. The van der Waals surface area contributed by atoms with Crippen molar-refractivity contribution in [3.8, 4) is 0 Å². The van der Waals surface area contributed by atoms with E-state index in [-0.39, 0.29) is 29.5 Å². The largest absolute Gasteiger partial charge is 0.396 e. The van der Waals surface area contributed by atoms with Crippen molar-refractivity contribution in [2.24, 2.45) is 5.41 Å². The summed E-state index contributed by atoms with van der Waals surface area (Å²) in [5.41, 5.74) is -0.156. The highest BCUT2D eigenvalue weighted by Gasteiger charge is 2.31. The minimum atomic E-state index is -0.297. The monoisotopic (exact) mass is 311 g/mol. The predicted molar refractivity (Wildman–Crippen MR) is 82.7 cm³/mol. The average molecular weight is 311 g/mol. The fraction of sp³-hybridized carbons (Fsp3) is 0.562. The van der Waals surface area contributed by atoms with Gasteiger partial charge in [0.1, 0.15) is 5.82 Å². The molecule has 0 atom stereocenters. The smallest absolute Gasteiger partial charge is 0.230 e. The molecule has 0 aliphatic heterocycles. The number of benzene rings is 1. The summed E-state index contributed by atoms with van der Waals surface area (Å²) in [6, 6.07) is 6.45. The van der Waals surface area contributed by atoms with Gasteiger partial charge in [-0.25, -0.2) is 4.39 Å². The number of carbonyl (C=O) groups excluding carboxylic acids is 1. The molecule has 3 nitrogen and oxygen atoms in total. The Bertz CT molecular complexity index is 475. The number of hydrogen-bond donors (Lipinski definition) is 2. The van der Waals surface area contributed by atoms with E-state index in [1.165, 1.54) is 24.2 Å². The third kappa shape index (κ3) is 4.71. The molecule has 0 unspecified atom stereocenters. The molecular weight excluding hydrogens is 289 g/mol. The fourth-order valence-electron chi connectivity index (χ4n) is 2.73. The molecule has 1 aromatic carbocycles. The zero-order valence-electron chi connectivity index (χ0n) is 12.1. The van der Waals surface area contributed by atoms with Crippen molar-refractivity contribution in [3.05, 3.63) is 30.1 Å². The summed E-state index contributed by atoms with van der Waals surface area (Å²) in [6.45, 7) is 0.633. The summed E-state index contributed by atoms with van der Waals surface area (Å²) >= 11 is 1.20. The highest BCUT2D eigenvalue weighted by atomic mass is 32.2. The van der Waals surface area contributed by atoms with Crippen LogP contribution < -0.4 is 5.32 Å². The Morgan fingerprint density at radius 1 is 1.29 bits per heavy atom. The van der Waals surface area contributed by atoms with Gasteiger partial charge in [0.05, 0.1) is 12.4 Å². The summed E-state index contributed by atoms with van der Waals surface area (Å²) in [5.74, 6) is -0.210. The summed E-state index contributed by atoms with van der Waals surface area (Å²) in [7, 11) is 0. The second-order valence-electron chi connectivity index (χ2n) is 5.71. The van der Waals surface area contributed by atoms with E-state index in [0.717, 1.165) is 25.7 Å². The lowest BCUT2D eigenvalue weighted by molar-refractivity contribution is -0.119. The highest BCUT2D eigenvalue weighted by Crippen LogP contribution is 2.35. The predicted octanol–water partition coefficient (Wildman–Crippen LogP) is 2.98. The van der Waals surface area contributed by atoms with Crippen LogP contribution in [0.1, 0.15) is 32.1 Å². The molecule has 2 rings (SSSR count). The minimum absolute atomic E-state index is 0.110. The molecule has 2 N–H and O–H groups in total. The van der Waals surface area contributed by atoms with Crippen LogP contribution in [0.2, 0.25) is 0 Å². The molecule has 0 bridgehead atoms. The zero-order valence-corrected chi connectivity index (χ0v) is 12.9. The van der Waals surface area contributed by atoms with Crippen LogP contribution in [0, 0.1) is 11.2 Å². The van der Waals surface area contributed by atoms with Gasteiger partial charge < -0.3 is 10.4 Å². The van der Waals surface area contributed by atoms with Crippen LogP contribution in [0.4, 0.5) is 4.39 Å². The summed E-state index contributed by atoms with van der Waals surface area (Å²) < 4.78 is 13.4. The average Bonchev–Trinajstić information content (AvgIpc) is 2.53. The molecule has 1 aliphatic carbocycles. The van der Waals surface area contributed by atoms with E-state index in [0.29, 0.717) is 11.4 Å². The number of rotatable bonds is 6. The van der Waals surface area contributed by atoms with Gasteiger partial charge in [-0.05, 0) is 25.0 Å². The first-order valence-corrected chi connectivity index (χ1v) is 8.39. The molecule has 1 aliphatic rings. The maximum Gasteiger partial charge on any atom is 0.230 e. The van der Waals surface area contributed by atoms with Crippen molar-refractivity contribution < 1.29 is 14.3 Å². The first-order valence-electron chi connectivity index (χ1n) is 7.40. The molecule has 0 heterocycles. The van der Waals surface area contributed by atoms with Crippen molar-refractivity contribution in [3.63, 3.8) is 0 Å². The Morgan fingerprint density at radius 3 is 2.67 bits per heavy atom. The van der Waals surface area contributed by atoms with Gasteiger partial charge in [-0.15, -0.1) is 11.8 Å². The first-order chi connectivity index (χ1) is 10.2. The van der Waals surface area contributed by atoms with Gasteiger partial charge in [0.15, 0.2) is 0 Å². The van der Waals surface area contributed by atoms with Crippen molar-refractivity contribution in [1.29, 1.82) is 0 Å². The van der Waals surface area contributed by atoms with E-state index < -0.39 is 0 Å². The van der Waals surface area contributed by atoms with E-state index in [1.54, 1.807) is 18.2 Å². The van der Waals surface area contributed by atoms with Gasteiger partial charge in [-0.3, -0.25) is 4.79 Å². The summed E-state index contributed by atoms with van der Waals surface area (Å²) in [4.78, 5) is 12.4. The molecule has 5 heteroatoms.